The van der Waals surface area contributed by atoms with E-state index in [9.17, 15) is 9.59 Å². The van der Waals surface area contributed by atoms with E-state index in [1.54, 1.807) is 6.07 Å². The summed E-state index contributed by atoms with van der Waals surface area (Å²) in [6, 6.07) is 3.65. The van der Waals surface area contributed by atoms with E-state index < -0.39 is 5.54 Å². The van der Waals surface area contributed by atoms with E-state index in [4.69, 9.17) is 5.73 Å². The van der Waals surface area contributed by atoms with Crippen LogP contribution in [0.1, 0.15) is 48.2 Å². The lowest BCUT2D eigenvalue weighted by molar-refractivity contribution is -0.127. The first-order chi connectivity index (χ1) is 10.1. The van der Waals surface area contributed by atoms with Crippen LogP contribution in [-0.2, 0) is 4.79 Å². The van der Waals surface area contributed by atoms with E-state index >= 15 is 0 Å². The second kappa shape index (κ2) is 9.12. The Morgan fingerprint density at radius 1 is 1.18 bits per heavy atom. The minimum atomic E-state index is -0.682. The Hall–Kier alpha value is -1.11. The van der Waals surface area contributed by atoms with E-state index in [2.05, 4.69) is 10.6 Å². The quantitative estimate of drug-likeness (QED) is 0.690. The van der Waals surface area contributed by atoms with E-state index in [1.165, 1.54) is 17.8 Å². The standard InChI is InChI=1S/C15H23N3O2S.ClH/c16-15(7-2-1-3-8-15)14(20)18-10-5-9-17-13(19)12-6-4-11-21-12;/h4,6,11H,1-3,5,7-10,16H2,(H,17,19)(H,18,20);1H. The van der Waals surface area contributed by atoms with Crippen molar-refractivity contribution < 1.29 is 9.59 Å². The number of thiophene rings is 1. The molecule has 2 amide bonds. The lowest BCUT2D eigenvalue weighted by atomic mass is 9.82. The Kier molecular flexibility index (Phi) is 7.85. The first-order valence-electron chi connectivity index (χ1n) is 7.51. The molecule has 2 rings (SSSR count). The predicted molar refractivity (Wildman–Crippen MR) is 91.5 cm³/mol. The number of carbonyl (C=O) groups is 2. The summed E-state index contributed by atoms with van der Waals surface area (Å²) in [6.45, 7) is 1.09. The molecular weight excluding hydrogens is 322 g/mol. The van der Waals surface area contributed by atoms with E-state index in [0.717, 1.165) is 25.7 Å². The topological polar surface area (TPSA) is 84.2 Å². The molecule has 0 spiro atoms. The molecule has 1 saturated carbocycles. The Balaban J connectivity index is 0.00000242. The maximum atomic E-state index is 12.1. The van der Waals surface area contributed by atoms with Crippen molar-refractivity contribution in [3.63, 3.8) is 0 Å². The van der Waals surface area contributed by atoms with Gasteiger partial charge < -0.3 is 16.4 Å². The molecule has 1 fully saturated rings. The zero-order valence-electron chi connectivity index (χ0n) is 12.6. The van der Waals surface area contributed by atoms with E-state index in [0.29, 0.717) is 24.4 Å². The van der Waals surface area contributed by atoms with Gasteiger partial charge in [-0.1, -0.05) is 25.3 Å². The highest BCUT2D eigenvalue weighted by Gasteiger charge is 2.34. The van der Waals surface area contributed by atoms with Crippen molar-refractivity contribution in [3.8, 4) is 0 Å². The van der Waals surface area contributed by atoms with Crippen molar-refractivity contribution in [2.75, 3.05) is 13.1 Å². The number of halogens is 1. The van der Waals surface area contributed by atoms with Gasteiger partial charge in [0.25, 0.3) is 5.91 Å². The fourth-order valence-corrected chi connectivity index (χ4v) is 3.21. The minimum Gasteiger partial charge on any atom is -0.354 e. The zero-order valence-corrected chi connectivity index (χ0v) is 14.2. The number of nitrogens with two attached hydrogens (primary N) is 1. The molecule has 22 heavy (non-hydrogen) atoms. The highest BCUT2D eigenvalue weighted by Crippen LogP contribution is 2.25. The summed E-state index contributed by atoms with van der Waals surface area (Å²) in [5.41, 5.74) is 5.47. The van der Waals surface area contributed by atoms with Gasteiger partial charge in [-0.3, -0.25) is 9.59 Å². The van der Waals surface area contributed by atoms with Gasteiger partial charge in [0, 0.05) is 13.1 Å². The molecule has 7 heteroatoms. The Labute approximate surface area is 141 Å². The number of amides is 2. The van der Waals surface area contributed by atoms with E-state index in [1.807, 2.05) is 11.4 Å². The maximum absolute atomic E-state index is 12.1. The molecule has 1 aliphatic rings. The van der Waals surface area contributed by atoms with Gasteiger partial charge in [-0.2, -0.15) is 0 Å². The molecule has 0 saturated heterocycles. The Bertz CT molecular complexity index is 473. The Morgan fingerprint density at radius 3 is 2.50 bits per heavy atom. The van der Waals surface area contributed by atoms with Gasteiger partial charge in [0.2, 0.25) is 5.91 Å². The maximum Gasteiger partial charge on any atom is 0.261 e. The predicted octanol–water partition coefficient (Wildman–Crippen LogP) is 2.07. The van der Waals surface area contributed by atoms with Crippen LogP contribution in [0.25, 0.3) is 0 Å². The van der Waals surface area contributed by atoms with Crippen molar-refractivity contribution in [2.24, 2.45) is 5.73 Å². The molecule has 1 aromatic rings. The molecule has 1 heterocycles. The molecule has 0 bridgehead atoms. The molecule has 5 nitrogen and oxygen atoms in total. The molecule has 1 aliphatic carbocycles. The summed E-state index contributed by atoms with van der Waals surface area (Å²) in [6.07, 6.45) is 5.48. The molecular formula is C15H24ClN3O2S. The van der Waals surface area contributed by atoms with Crippen LogP contribution in [0.2, 0.25) is 0 Å². The van der Waals surface area contributed by atoms with Crippen LogP contribution >= 0.6 is 23.7 Å². The SMILES string of the molecule is Cl.NC1(C(=O)NCCCNC(=O)c2cccs2)CCCCC1. The second-order valence-corrected chi connectivity index (χ2v) is 6.51. The first-order valence-corrected chi connectivity index (χ1v) is 8.39. The summed E-state index contributed by atoms with van der Waals surface area (Å²) in [4.78, 5) is 24.5. The van der Waals surface area contributed by atoms with E-state index in [-0.39, 0.29) is 24.2 Å². The fourth-order valence-electron chi connectivity index (χ4n) is 2.57. The molecule has 0 aliphatic heterocycles. The first kappa shape index (κ1) is 18.9. The van der Waals surface area contributed by atoms with Crippen LogP contribution in [0.15, 0.2) is 17.5 Å². The van der Waals surface area contributed by atoms with Crippen molar-refractivity contribution in [2.45, 2.75) is 44.1 Å². The van der Waals surface area contributed by atoms with Gasteiger partial charge in [0.15, 0.2) is 0 Å². The third kappa shape index (κ3) is 5.26. The van der Waals surface area contributed by atoms with Gasteiger partial charge in [-0.05, 0) is 30.7 Å². The van der Waals surface area contributed by atoms with Gasteiger partial charge in [-0.25, -0.2) is 0 Å². The molecule has 4 N–H and O–H groups in total. The summed E-state index contributed by atoms with van der Waals surface area (Å²) >= 11 is 1.42. The molecule has 1 aromatic heterocycles. The zero-order chi connectivity index (χ0) is 15.1. The molecule has 0 unspecified atom stereocenters. The number of carbonyl (C=O) groups excluding carboxylic acids is 2. The van der Waals surface area contributed by atoms with Crippen LogP contribution in [0.3, 0.4) is 0 Å². The van der Waals surface area contributed by atoms with Gasteiger partial charge in [-0.15, -0.1) is 23.7 Å². The second-order valence-electron chi connectivity index (χ2n) is 5.56. The highest BCUT2D eigenvalue weighted by molar-refractivity contribution is 7.12. The lowest BCUT2D eigenvalue weighted by Crippen LogP contribution is -2.55. The molecule has 0 atom stereocenters. The number of hydrogen-bond donors (Lipinski definition) is 3. The number of rotatable bonds is 6. The third-order valence-corrected chi connectivity index (χ3v) is 4.74. The lowest BCUT2D eigenvalue weighted by Gasteiger charge is -2.31. The Morgan fingerprint density at radius 2 is 1.86 bits per heavy atom. The van der Waals surface area contributed by atoms with Crippen LogP contribution in [0, 0.1) is 0 Å². The summed E-state index contributed by atoms with van der Waals surface area (Å²) < 4.78 is 0. The number of hydrogen-bond acceptors (Lipinski definition) is 4. The molecule has 0 aromatic carbocycles. The van der Waals surface area contributed by atoms with Crippen molar-refractivity contribution in [1.82, 2.24) is 10.6 Å². The monoisotopic (exact) mass is 345 g/mol. The van der Waals surface area contributed by atoms with Crippen molar-refractivity contribution >= 4 is 35.6 Å². The summed E-state index contributed by atoms with van der Waals surface area (Å²) in [5.74, 6) is -0.106. The average molecular weight is 346 g/mol. The van der Waals surface area contributed by atoms with Crippen LogP contribution in [0.4, 0.5) is 0 Å². The smallest absolute Gasteiger partial charge is 0.261 e. The highest BCUT2D eigenvalue weighted by atomic mass is 35.5. The van der Waals surface area contributed by atoms with Gasteiger partial charge in [0.1, 0.15) is 0 Å². The molecule has 0 radical (unpaired) electrons. The normalized spacial score (nSPS) is 16.4. The van der Waals surface area contributed by atoms with Crippen LogP contribution < -0.4 is 16.4 Å². The molecule has 124 valence electrons. The fraction of sp³-hybridized carbons (Fsp3) is 0.600. The van der Waals surface area contributed by atoms with Crippen LogP contribution in [-0.4, -0.2) is 30.4 Å². The van der Waals surface area contributed by atoms with Gasteiger partial charge in [0.05, 0.1) is 10.4 Å². The minimum absolute atomic E-state index is 0. The third-order valence-electron chi connectivity index (χ3n) is 3.87. The van der Waals surface area contributed by atoms with Crippen molar-refractivity contribution in [3.05, 3.63) is 22.4 Å². The van der Waals surface area contributed by atoms with Gasteiger partial charge >= 0.3 is 0 Å². The van der Waals surface area contributed by atoms with Crippen LogP contribution in [0.5, 0.6) is 0 Å². The average Bonchev–Trinajstić information content (AvgIpc) is 3.01. The summed E-state index contributed by atoms with van der Waals surface area (Å²) in [5, 5.41) is 7.60. The number of nitrogens with one attached hydrogen (secondary N) is 2. The van der Waals surface area contributed by atoms with Crippen molar-refractivity contribution in [1.29, 1.82) is 0 Å². The largest absolute Gasteiger partial charge is 0.354 e. The summed E-state index contributed by atoms with van der Waals surface area (Å²) in [7, 11) is 0.